The molecule has 1 aliphatic heterocycles. The predicted molar refractivity (Wildman–Crippen MR) is 107 cm³/mol. The van der Waals surface area contributed by atoms with Crippen molar-refractivity contribution in [3.8, 4) is 11.5 Å². The van der Waals surface area contributed by atoms with Gasteiger partial charge in [-0.3, -0.25) is 14.4 Å². The molecule has 0 radical (unpaired) electrons. The number of fused-ring (bicyclic) bond motifs is 5. The molecule has 28 heavy (non-hydrogen) atoms. The molecule has 1 heterocycles. The Balaban J connectivity index is 1.64. The zero-order valence-corrected chi connectivity index (χ0v) is 18.2. The molecule has 7 nitrogen and oxygen atoms in total. The smallest absolute Gasteiger partial charge is 0.308 e. The molecule has 1 saturated heterocycles. The quantitative estimate of drug-likeness (QED) is 0.203. The highest BCUT2D eigenvalue weighted by Crippen LogP contribution is 2.52. The molecule has 1 saturated carbocycles. The largest absolute Gasteiger partial charge is 0.493 e. The fourth-order valence-electron chi connectivity index (χ4n) is 4.21. The average molecular weight is 512 g/mol. The number of methoxy groups -OCH3 is 1. The molecule has 0 spiro atoms. The summed E-state index contributed by atoms with van der Waals surface area (Å²) in [6.45, 7) is 1.29. The number of esters is 1. The molecule has 2 amide bonds. The molecule has 146 valence electrons. The van der Waals surface area contributed by atoms with Crippen LogP contribution in [0.3, 0.4) is 0 Å². The first-order valence-corrected chi connectivity index (χ1v) is 10.3. The second kappa shape index (κ2) is 7.11. The van der Waals surface area contributed by atoms with Gasteiger partial charge < -0.3 is 9.47 Å². The topological polar surface area (TPSA) is 85.3 Å². The van der Waals surface area contributed by atoms with Crippen LogP contribution in [-0.2, 0) is 14.4 Å². The van der Waals surface area contributed by atoms with Gasteiger partial charge in [0.2, 0.25) is 0 Å². The Morgan fingerprint density at radius 3 is 2.32 bits per heavy atom. The maximum atomic E-state index is 12.7. The SMILES string of the molecule is COc1cc(C=NN2C(=O)[C@@H]3[C@H](C2=O)[C@H]2C=C[C@H]3C2)c(Br)c(Br)c1OC(C)=O. The molecule has 4 atom stereocenters. The van der Waals surface area contributed by atoms with E-state index < -0.39 is 5.97 Å². The minimum Gasteiger partial charge on any atom is -0.493 e. The molecule has 9 heteroatoms. The lowest BCUT2D eigenvalue weighted by molar-refractivity contribution is -0.140. The number of carbonyl (C=O) groups excluding carboxylic acids is 3. The van der Waals surface area contributed by atoms with E-state index in [-0.39, 0.29) is 41.2 Å². The zero-order chi connectivity index (χ0) is 20.2. The number of amides is 2. The van der Waals surface area contributed by atoms with Crippen LogP contribution in [0, 0.1) is 23.7 Å². The van der Waals surface area contributed by atoms with Gasteiger partial charge in [-0.25, -0.2) is 0 Å². The second-order valence-electron chi connectivity index (χ2n) is 6.95. The van der Waals surface area contributed by atoms with Crippen molar-refractivity contribution < 1.29 is 23.9 Å². The summed E-state index contributed by atoms with van der Waals surface area (Å²) in [4.78, 5) is 36.8. The Bertz CT molecular complexity index is 928. The number of carbonyl (C=O) groups is 3. The van der Waals surface area contributed by atoms with Crippen molar-refractivity contribution in [1.29, 1.82) is 0 Å². The molecule has 1 aromatic rings. The van der Waals surface area contributed by atoms with Crippen LogP contribution in [0.25, 0.3) is 0 Å². The van der Waals surface area contributed by atoms with Crippen LogP contribution in [0.1, 0.15) is 18.9 Å². The lowest BCUT2D eigenvalue weighted by Crippen LogP contribution is -2.28. The van der Waals surface area contributed by atoms with Crippen LogP contribution in [0.2, 0.25) is 0 Å². The first-order valence-electron chi connectivity index (χ1n) is 8.68. The molecule has 1 aromatic carbocycles. The van der Waals surface area contributed by atoms with Gasteiger partial charge in [0.15, 0.2) is 11.5 Å². The fraction of sp³-hybridized carbons (Fsp3) is 0.368. The third kappa shape index (κ3) is 2.91. The predicted octanol–water partition coefficient (Wildman–Crippen LogP) is 3.29. The highest BCUT2D eigenvalue weighted by Gasteiger charge is 2.59. The third-order valence-electron chi connectivity index (χ3n) is 5.38. The number of nitrogens with zero attached hydrogens (tertiary/aromatic N) is 2. The Hall–Kier alpha value is -2.00. The van der Waals surface area contributed by atoms with Gasteiger partial charge in [0.25, 0.3) is 11.8 Å². The van der Waals surface area contributed by atoms with Crippen molar-refractivity contribution in [2.75, 3.05) is 7.11 Å². The number of hydrogen-bond acceptors (Lipinski definition) is 6. The van der Waals surface area contributed by atoms with E-state index in [2.05, 4.69) is 37.0 Å². The van der Waals surface area contributed by atoms with Crippen LogP contribution < -0.4 is 9.47 Å². The van der Waals surface area contributed by atoms with Crippen LogP contribution in [0.5, 0.6) is 11.5 Å². The minimum atomic E-state index is -0.490. The number of imide groups is 1. The number of hydrazone groups is 1. The van der Waals surface area contributed by atoms with Crippen molar-refractivity contribution in [1.82, 2.24) is 5.01 Å². The van der Waals surface area contributed by atoms with E-state index in [0.29, 0.717) is 20.3 Å². The van der Waals surface area contributed by atoms with E-state index in [1.807, 2.05) is 12.2 Å². The lowest BCUT2D eigenvalue weighted by atomic mass is 9.85. The van der Waals surface area contributed by atoms with Crippen molar-refractivity contribution >= 4 is 55.9 Å². The summed E-state index contributed by atoms with van der Waals surface area (Å²) in [5.74, 6) is -0.772. The van der Waals surface area contributed by atoms with Gasteiger partial charge >= 0.3 is 5.97 Å². The van der Waals surface area contributed by atoms with Gasteiger partial charge in [0.1, 0.15) is 0 Å². The highest BCUT2D eigenvalue weighted by atomic mass is 79.9. The Labute approximate surface area is 178 Å². The van der Waals surface area contributed by atoms with Crippen molar-refractivity contribution in [2.45, 2.75) is 13.3 Å². The number of allylic oxidation sites excluding steroid dienone is 2. The molecule has 0 aromatic heterocycles. The van der Waals surface area contributed by atoms with Crippen molar-refractivity contribution in [3.63, 3.8) is 0 Å². The molecular weight excluding hydrogens is 496 g/mol. The van der Waals surface area contributed by atoms with E-state index >= 15 is 0 Å². The summed E-state index contributed by atoms with van der Waals surface area (Å²) < 4.78 is 11.5. The van der Waals surface area contributed by atoms with Gasteiger partial charge in [-0.05, 0) is 56.2 Å². The molecule has 4 rings (SSSR count). The second-order valence-corrected chi connectivity index (χ2v) is 8.54. The number of ether oxygens (including phenoxy) is 2. The number of halogens is 2. The van der Waals surface area contributed by atoms with E-state index in [1.165, 1.54) is 20.2 Å². The van der Waals surface area contributed by atoms with Crippen molar-refractivity contribution in [3.05, 3.63) is 32.7 Å². The Morgan fingerprint density at radius 2 is 1.79 bits per heavy atom. The molecule has 0 unspecified atom stereocenters. The maximum Gasteiger partial charge on any atom is 0.308 e. The Morgan fingerprint density at radius 1 is 1.18 bits per heavy atom. The highest BCUT2D eigenvalue weighted by molar-refractivity contribution is 9.13. The summed E-state index contributed by atoms with van der Waals surface area (Å²) in [5.41, 5.74) is 0.554. The summed E-state index contributed by atoms with van der Waals surface area (Å²) in [5, 5.41) is 5.15. The molecule has 2 fully saturated rings. The molecule has 0 N–H and O–H groups in total. The standard InChI is InChI=1S/C19H16Br2N2O5/c1-8(24)28-17-12(27-2)6-11(15(20)16(17)21)7-22-23-18(25)13-9-3-4-10(5-9)14(13)19(23)26/h3-4,6-7,9-10,13-14H,5H2,1-2H3/t9-,10-,13-,14+/m0/s1. The van der Waals surface area contributed by atoms with E-state index in [4.69, 9.17) is 9.47 Å². The van der Waals surface area contributed by atoms with Gasteiger partial charge in [0.05, 0.1) is 29.6 Å². The van der Waals surface area contributed by atoms with E-state index in [9.17, 15) is 14.4 Å². The summed E-state index contributed by atoms with van der Waals surface area (Å²) in [6.07, 6.45) is 6.37. The average Bonchev–Trinajstić information content (AvgIpc) is 3.33. The zero-order valence-electron chi connectivity index (χ0n) is 15.0. The van der Waals surface area contributed by atoms with Gasteiger partial charge in [-0.1, -0.05) is 12.2 Å². The molecule has 3 aliphatic rings. The van der Waals surface area contributed by atoms with Gasteiger partial charge in [-0.2, -0.15) is 10.1 Å². The van der Waals surface area contributed by atoms with Crippen LogP contribution >= 0.6 is 31.9 Å². The summed E-state index contributed by atoms with van der Waals surface area (Å²) in [6, 6.07) is 1.60. The van der Waals surface area contributed by atoms with Crippen LogP contribution in [0.4, 0.5) is 0 Å². The van der Waals surface area contributed by atoms with Crippen molar-refractivity contribution in [2.24, 2.45) is 28.8 Å². The summed E-state index contributed by atoms with van der Waals surface area (Å²) >= 11 is 6.79. The van der Waals surface area contributed by atoms with Crippen LogP contribution in [-0.4, -0.2) is 36.1 Å². The van der Waals surface area contributed by atoms with Crippen LogP contribution in [0.15, 0.2) is 32.3 Å². The first-order chi connectivity index (χ1) is 13.3. The number of rotatable bonds is 4. The minimum absolute atomic E-state index is 0.135. The Kier molecular flexibility index (Phi) is 4.91. The monoisotopic (exact) mass is 510 g/mol. The van der Waals surface area contributed by atoms with Gasteiger partial charge in [-0.15, -0.1) is 0 Å². The third-order valence-corrected chi connectivity index (χ3v) is 7.52. The summed E-state index contributed by atoms with van der Waals surface area (Å²) in [7, 11) is 1.45. The normalized spacial score (nSPS) is 27.8. The number of benzene rings is 1. The van der Waals surface area contributed by atoms with E-state index in [0.717, 1.165) is 11.4 Å². The number of hydrogen-bond donors (Lipinski definition) is 0. The van der Waals surface area contributed by atoms with Gasteiger partial charge in [0, 0.05) is 17.0 Å². The molecular formula is C19H16Br2N2O5. The maximum absolute atomic E-state index is 12.7. The molecule has 2 bridgehead atoms. The first kappa shape index (κ1) is 19.3. The van der Waals surface area contributed by atoms with E-state index in [1.54, 1.807) is 6.07 Å². The molecule has 2 aliphatic carbocycles. The fourth-order valence-corrected chi connectivity index (χ4v) is 5.11. The lowest BCUT2D eigenvalue weighted by Gasteiger charge is -2.14.